The van der Waals surface area contributed by atoms with Gasteiger partial charge in [0.15, 0.2) is 12.0 Å². The molecule has 0 amide bonds. The van der Waals surface area contributed by atoms with Crippen LogP contribution in [0.4, 0.5) is 5.69 Å². The predicted molar refractivity (Wildman–Crippen MR) is 137 cm³/mol. The number of hydrogen-bond donors (Lipinski definition) is 0. The van der Waals surface area contributed by atoms with Crippen molar-refractivity contribution in [2.24, 2.45) is 5.92 Å². The molecule has 0 bridgehead atoms. The van der Waals surface area contributed by atoms with E-state index in [1.807, 2.05) is 18.2 Å². The van der Waals surface area contributed by atoms with Crippen LogP contribution in [0.3, 0.4) is 0 Å². The van der Waals surface area contributed by atoms with Crippen LogP contribution in [0.15, 0.2) is 60.2 Å². The molecule has 4 rings (SSSR count). The molecule has 1 heterocycles. The zero-order valence-electron chi connectivity index (χ0n) is 20.5. The maximum Gasteiger partial charge on any atom is 0.182 e. The average molecular weight is 444 g/mol. The largest absolute Gasteiger partial charge is 0.484 e. The fraction of sp³-hybridized carbons (Fsp3) is 0.379. The highest BCUT2D eigenvalue weighted by atomic mass is 16.5. The second-order valence-corrected chi connectivity index (χ2v) is 8.65. The predicted octanol–water partition coefficient (Wildman–Crippen LogP) is 5.61. The molecule has 0 spiro atoms. The molecule has 4 heteroatoms. The Balaban J connectivity index is 1.98. The lowest BCUT2D eigenvalue weighted by molar-refractivity contribution is -0.522. The van der Waals surface area contributed by atoms with Gasteiger partial charge in [-0.1, -0.05) is 24.3 Å². The number of hydrogen-bond acceptors (Lipinski definition) is 3. The molecule has 172 valence electrons. The highest BCUT2D eigenvalue weighted by Gasteiger charge is 2.39. The number of anilines is 1. The Bertz CT molecular complexity index is 1130. The summed E-state index contributed by atoms with van der Waals surface area (Å²) in [5.41, 5.74) is 7.45. The van der Waals surface area contributed by atoms with Gasteiger partial charge in [-0.15, -0.1) is 0 Å². The molecule has 33 heavy (non-hydrogen) atoms. The maximum absolute atomic E-state index is 12.0. The van der Waals surface area contributed by atoms with Crippen LogP contribution in [0, 0.1) is 5.92 Å². The van der Waals surface area contributed by atoms with E-state index in [2.05, 4.69) is 80.5 Å². The Morgan fingerprint density at radius 1 is 0.970 bits per heavy atom. The summed E-state index contributed by atoms with van der Waals surface area (Å²) in [5.74, 6) is 1.10. The van der Waals surface area contributed by atoms with Crippen LogP contribution < -0.4 is 9.64 Å². The lowest BCUT2D eigenvalue weighted by Gasteiger charge is -2.36. The first kappa shape index (κ1) is 23.0. The Hall–Kier alpha value is -3.14. The molecule has 2 aromatic rings. The van der Waals surface area contributed by atoms with Crippen LogP contribution in [0.25, 0.3) is 5.57 Å². The average Bonchev–Trinajstić information content (AvgIpc) is 2.85. The van der Waals surface area contributed by atoms with Gasteiger partial charge in [-0.3, -0.25) is 4.79 Å². The first-order valence-corrected chi connectivity index (χ1v) is 12.2. The summed E-state index contributed by atoms with van der Waals surface area (Å²) in [6.45, 7) is 14.8. The molecule has 2 aromatic carbocycles. The topological polar surface area (TPSA) is 32.5 Å². The lowest BCUT2D eigenvalue weighted by Crippen LogP contribution is -2.41. The molecular formula is C29H35N2O2+. The molecular weight excluding hydrogens is 408 g/mol. The van der Waals surface area contributed by atoms with Crippen LogP contribution in [0.1, 0.15) is 56.1 Å². The number of aldehydes is 1. The number of nitrogens with zero attached hydrogens (tertiary/aromatic N) is 2. The first-order chi connectivity index (χ1) is 16.1. The van der Waals surface area contributed by atoms with Gasteiger partial charge >= 0.3 is 0 Å². The van der Waals surface area contributed by atoms with Gasteiger partial charge in [0, 0.05) is 53.2 Å². The van der Waals surface area contributed by atoms with E-state index in [1.54, 1.807) is 0 Å². The third kappa shape index (κ3) is 4.03. The van der Waals surface area contributed by atoms with Gasteiger partial charge < -0.3 is 9.64 Å². The van der Waals surface area contributed by atoms with Crippen molar-refractivity contribution < 1.29 is 14.1 Å². The van der Waals surface area contributed by atoms with Crippen LogP contribution in [0.5, 0.6) is 5.75 Å². The van der Waals surface area contributed by atoms with E-state index in [0.29, 0.717) is 5.56 Å². The van der Waals surface area contributed by atoms with Crippen molar-refractivity contribution in [3.8, 4) is 5.75 Å². The highest BCUT2D eigenvalue weighted by molar-refractivity contribution is 6.01. The van der Waals surface area contributed by atoms with Gasteiger partial charge in [0.25, 0.3) is 0 Å². The molecule has 0 fully saturated rings. The van der Waals surface area contributed by atoms with E-state index in [-0.39, 0.29) is 12.0 Å². The van der Waals surface area contributed by atoms with Crippen molar-refractivity contribution in [2.45, 2.75) is 40.7 Å². The minimum absolute atomic E-state index is 0.0974. The second-order valence-electron chi connectivity index (χ2n) is 8.65. The smallest absolute Gasteiger partial charge is 0.182 e. The summed E-state index contributed by atoms with van der Waals surface area (Å²) in [6.07, 6.45) is 5.31. The van der Waals surface area contributed by atoms with Crippen LogP contribution in [0.2, 0.25) is 0 Å². The molecule has 1 aliphatic heterocycles. The van der Waals surface area contributed by atoms with Crippen molar-refractivity contribution in [2.75, 3.05) is 31.1 Å². The van der Waals surface area contributed by atoms with Gasteiger partial charge in [-0.05, 0) is 58.4 Å². The van der Waals surface area contributed by atoms with Crippen LogP contribution >= 0.6 is 0 Å². The Morgan fingerprint density at radius 2 is 1.70 bits per heavy atom. The number of rotatable bonds is 7. The Morgan fingerprint density at radius 3 is 2.36 bits per heavy atom. The lowest BCUT2D eigenvalue weighted by atomic mass is 9.78. The standard InChI is InChI=1S/C29H35N2O2/c1-6-30(7-2)22-14-15-24-27(18-22)33-29-20(5)26(31(8-3)9-4)17-16-25(29)28(24)23-13-11-10-12-21(23)19-32/h10-20,29H,6-9H2,1-5H3/q+1. The first-order valence-electron chi connectivity index (χ1n) is 12.2. The molecule has 0 radical (unpaired) electrons. The normalized spacial score (nSPS) is 19.0. The van der Waals surface area contributed by atoms with Crippen molar-refractivity contribution >= 4 is 23.3 Å². The third-order valence-electron chi connectivity index (χ3n) is 7.05. The molecule has 4 nitrogen and oxygen atoms in total. The van der Waals surface area contributed by atoms with Crippen LogP contribution in [-0.2, 0) is 0 Å². The molecule has 2 aliphatic rings. The fourth-order valence-corrected chi connectivity index (χ4v) is 5.24. The van der Waals surface area contributed by atoms with Gasteiger partial charge in [-0.2, -0.15) is 0 Å². The third-order valence-corrected chi connectivity index (χ3v) is 7.05. The zero-order chi connectivity index (χ0) is 23.5. The van der Waals surface area contributed by atoms with E-state index in [1.165, 1.54) is 5.71 Å². The number of carbonyl (C=O) groups excluding carboxylic acids is 1. The molecule has 2 unspecified atom stereocenters. The molecule has 0 aromatic heterocycles. The quantitative estimate of drug-likeness (QED) is 0.412. The monoisotopic (exact) mass is 443 g/mol. The number of allylic oxidation sites excluding steroid dienone is 1. The molecule has 0 N–H and O–H groups in total. The van der Waals surface area contributed by atoms with Crippen molar-refractivity contribution in [1.29, 1.82) is 0 Å². The summed E-state index contributed by atoms with van der Waals surface area (Å²) in [4.78, 5) is 14.3. The second kappa shape index (κ2) is 9.78. The van der Waals surface area contributed by atoms with Crippen molar-refractivity contribution in [3.05, 3.63) is 76.9 Å². The number of benzene rings is 2. The van der Waals surface area contributed by atoms with E-state index in [0.717, 1.165) is 66.2 Å². The van der Waals surface area contributed by atoms with Gasteiger partial charge in [0.05, 0.1) is 5.92 Å². The van der Waals surface area contributed by atoms with E-state index >= 15 is 0 Å². The highest BCUT2D eigenvalue weighted by Crippen LogP contribution is 2.45. The number of carbonyl (C=O) groups is 1. The Kier molecular flexibility index (Phi) is 6.83. The fourth-order valence-electron chi connectivity index (χ4n) is 5.24. The summed E-state index contributed by atoms with van der Waals surface area (Å²) in [6, 6.07) is 14.4. The van der Waals surface area contributed by atoms with E-state index in [4.69, 9.17) is 4.74 Å². The van der Waals surface area contributed by atoms with Crippen molar-refractivity contribution in [1.82, 2.24) is 0 Å². The SMILES string of the molecule is CCN(CC)c1ccc2c(c1)OC1C(=C2c2ccccc2C=O)C=CC(=[N+](CC)CC)C1C. The molecule has 0 saturated heterocycles. The molecule has 0 saturated carbocycles. The Labute approximate surface area is 197 Å². The maximum atomic E-state index is 12.0. The molecule has 2 atom stereocenters. The van der Waals surface area contributed by atoms with Gasteiger partial charge in [-0.25, -0.2) is 4.58 Å². The number of fused-ring (bicyclic) bond motifs is 2. The summed E-state index contributed by atoms with van der Waals surface area (Å²) >= 11 is 0. The molecule has 1 aliphatic carbocycles. The summed E-state index contributed by atoms with van der Waals surface area (Å²) in [5, 5.41) is 0. The number of ether oxygens (including phenoxy) is 1. The van der Waals surface area contributed by atoms with Crippen LogP contribution in [-0.4, -0.2) is 48.9 Å². The zero-order valence-corrected chi connectivity index (χ0v) is 20.5. The van der Waals surface area contributed by atoms with Gasteiger partial charge in [0.2, 0.25) is 0 Å². The van der Waals surface area contributed by atoms with Crippen molar-refractivity contribution in [3.63, 3.8) is 0 Å². The summed E-state index contributed by atoms with van der Waals surface area (Å²) < 4.78 is 9.16. The van der Waals surface area contributed by atoms with E-state index in [9.17, 15) is 4.79 Å². The summed E-state index contributed by atoms with van der Waals surface area (Å²) in [7, 11) is 0. The minimum atomic E-state index is -0.0974. The van der Waals surface area contributed by atoms with Gasteiger partial charge in [0.1, 0.15) is 24.9 Å². The minimum Gasteiger partial charge on any atom is -0.484 e. The van der Waals surface area contributed by atoms with E-state index < -0.39 is 0 Å².